The largest absolute Gasteiger partial charge is 0.478 e. The Bertz CT molecular complexity index is 434. The number of rotatable bonds is 10. The number of unbranched alkanes of at least 4 members (excludes halogenated alkanes) is 1. The van der Waals surface area contributed by atoms with E-state index in [-0.39, 0.29) is 0 Å². The second-order valence-electron chi connectivity index (χ2n) is 5.31. The second-order valence-corrected chi connectivity index (χ2v) is 5.31. The van der Waals surface area contributed by atoms with Crippen molar-refractivity contribution in [3.63, 3.8) is 0 Å². The van der Waals surface area contributed by atoms with E-state index in [0.29, 0.717) is 6.10 Å². The van der Waals surface area contributed by atoms with Gasteiger partial charge in [-0.1, -0.05) is 44.0 Å². The first-order chi connectivity index (χ1) is 10.2. The van der Waals surface area contributed by atoms with Crippen molar-refractivity contribution in [1.82, 2.24) is 0 Å². The summed E-state index contributed by atoms with van der Waals surface area (Å²) in [5.41, 5.74) is 2.20. The molecule has 3 heteroatoms. The molecule has 1 aromatic rings. The maximum atomic E-state index is 10.4. The van der Waals surface area contributed by atoms with Crippen LogP contribution in [0.15, 0.2) is 30.3 Å². The molecule has 0 bridgehead atoms. The minimum Gasteiger partial charge on any atom is -0.478 e. The van der Waals surface area contributed by atoms with Crippen LogP contribution >= 0.6 is 0 Å². The third-order valence-electron chi connectivity index (χ3n) is 3.60. The lowest BCUT2D eigenvalue weighted by Gasteiger charge is -2.14. The van der Waals surface area contributed by atoms with Crippen molar-refractivity contribution < 1.29 is 14.6 Å². The molecule has 0 aliphatic rings. The first-order valence-electron chi connectivity index (χ1n) is 7.68. The molecule has 0 fully saturated rings. The summed E-state index contributed by atoms with van der Waals surface area (Å²) in [6.07, 6.45) is 9.98. The zero-order chi connectivity index (χ0) is 15.5. The number of carboxylic acid groups (broad SMARTS) is 1. The van der Waals surface area contributed by atoms with Gasteiger partial charge in [0, 0.05) is 13.2 Å². The van der Waals surface area contributed by atoms with E-state index in [4.69, 9.17) is 9.84 Å². The minimum absolute atomic E-state index is 0.378. The van der Waals surface area contributed by atoms with Gasteiger partial charge in [0.05, 0.1) is 6.10 Å². The summed E-state index contributed by atoms with van der Waals surface area (Å²) in [4.78, 5) is 10.4. The average Bonchev–Trinajstić information content (AvgIpc) is 2.49. The number of ether oxygens (including phenoxy) is 1. The van der Waals surface area contributed by atoms with Gasteiger partial charge in [0.15, 0.2) is 0 Å². The molecule has 1 atom stereocenters. The molecule has 1 N–H and O–H groups in total. The molecule has 116 valence electrons. The van der Waals surface area contributed by atoms with Crippen LogP contribution in [-0.2, 0) is 16.0 Å². The highest BCUT2D eigenvalue weighted by molar-refractivity contribution is 5.85. The van der Waals surface area contributed by atoms with Crippen molar-refractivity contribution in [3.05, 3.63) is 41.5 Å². The Labute approximate surface area is 127 Å². The number of methoxy groups -OCH3 is 1. The van der Waals surface area contributed by atoms with Gasteiger partial charge in [0.2, 0.25) is 0 Å². The number of aryl methyl sites for hydroxylation is 1. The Balaban J connectivity index is 2.36. The van der Waals surface area contributed by atoms with Gasteiger partial charge in [-0.15, -0.1) is 0 Å². The molecule has 0 aliphatic carbocycles. The second kappa shape index (κ2) is 10.2. The molecule has 21 heavy (non-hydrogen) atoms. The zero-order valence-corrected chi connectivity index (χ0v) is 13.0. The molecular weight excluding hydrogens is 264 g/mol. The molecule has 0 amide bonds. The third-order valence-corrected chi connectivity index (χ3v) is 3.60. The molecule has 0 spiro atoms. The van der Waals surface area contributed by atoms with E-state index in [2.05, 4.69) is 19.1 Å². The van der Waals surface area contributed by atoms with Gasteiger partial charge in [-0.05, 0) is 42.9 Å². The maximum absolute atomic E-state index is 10.4. The van der Waals surface area contributed by atoms with Crippen LogP contribution in [0.3, 0.4) is 0 Å². The Kier molecular flexibility index (Phi) is 8.44. The van der Waals surface area contributed by atoms with E-state index >= 15 is 0 Å². The van der Waals surface area contributed by atoms with Crippen molar-refractivity contribution >= 4 is 12.0 Å². The van der Waals surface area contributed by atoms with E-state index in [1.807, 2.05) is 12.1 Å². The van der Waals surface area contributed by atoms with Gasteiger partial charge < -0.3 is 9.84 Å². The molecule has 1 unspecified atom stereocenters. The predicted octanol–water partition coefficient (Wildman–Crippen LogP) is 4.31. The Hall–Kier alpha value is -1.61. The van der Waals surface area contributed by atoms with Gasteiger partial charge in [-0.3, -0.25) is 0 Å². The Morgan fingerprint density at radius 1 is 1.24 bits per heavy atom. The number of aliphatic carboxylic acids is 1. The average molecular weight is 290 g/mol. The van der Waals surface area contributed by atoms with Crippen LogP contribution in [0.2, 0.25) is 0 Å². The van der Waals surface area contributed by atoms with Crippen LogP contribution in [0.1, 0.15) is 50.2 Å². The summed E-state index contributed by atoms with van der Waals surface area (Å²) in [6.45, 7) is 2.20. The maximum Gasteiger partial charge on any atom is 0.328 e. The molecule has 0 heterocycles. The summed E-state index contributed by atoms with van der Waals surface area (Å²) >= 11 is 0. The summed E-state index contributed by atoms with van der Waals surface area (Å²) in [5, 5.41) is 8.58. The highest BCUT2D eigenvalue weighted by Gasteiger charge is 2.06. The van der Waals surface area contributed by atoms with Gasteiger partial charge in [0.25, 0.3) is 0 Å². The Morgan fingerprint density at radius 2 is 1.90 bits per heavy atom. The number of carboxylic acids is 1. The van der Waals surface area contributed by atoms with E-state index in [9.17, 15) is 4.79 Å². The van der Waals surface area contributed by atoms with Crippen molar-refractivity contribution in [2.45, 2.75) is 51.6 Å². The fourth-order valence-electron chi connectivity index (χ4n) is 2.31. The van der Waals surface area contributed by atoms with E-state index < -0.39 is 5.97 Å². The van der Waals surface area contributed by atoms with Gasteiger partial charge >= 0.3 is 5.97 Å². The third kappa shape index (κ3) is 7.66. The first kappa shape index (κ1) is 17.4. The molecule has 0 radical (unpaired) electrons. The van der Waals surface area contributed by atoms with Gasteiger partial charge in [-0.25, -0.2) is 4.79 Å². The molecule has 1 aromatic carbocycles. The number of benzene rings is 1. The normalized spacial score (nSPS) is 12.7. The van der Waals surface area contributed by atoms with Gasteiger partial charge in [-0.2, -0.15) is 0 Å². The molecule has 0 saturated carbocycles. The molecule has 1 rings (SSSR count). The summed E-state index contributed by atoms with van der Waals surface area (Å²) in [6, 6.07) is 8.05. The van der Waals surface area contributed by atoms with Crippen LogP contribution in [0, 0.1) is 0 Å². The lowest BCUT2D eigenvalue weighted by atomic mass is 10.0. The van der Waals surface area contributed by atoms with Gasteiger partial charge in [0.1, 0.15) is 0 Å². The van der Waals surface area contributed by atoms with Crippen LogP contribution < -0.4 is 0 Å². The van der Waals surface area contributed by atoms with E-state index in [1.165, 1.54) is 18.4 Å². The molecule has 0 saturated heterocycles. The van der Waals surface area contributed by atoms with Crippen LogP contribution in [0.4, 0.5) is 0 Å². The highest BCUT2D eigenvalue weighted by atomic mass is 16.5. The monoisotopic (exact) mass is 290 g/mol. The standard InChI is InChI=1S/C18H26O3/c1-3-4-7-17(21-2)8-5-6-15-9-11-16(12-10-15)13-14-18(19)20/h9-14,17H,3-8H2,1-2H3,(H,19,20). The minimum atomic E-state index is -0.920. The molecular formula is C18H26O3. The lowest BCUT2D eigenvalue weighted by Crippen LogP contribution is -2.10. The fraction of sp³-hybridized carbons (Fsp3) is 0.500. The van der Waals surface area contributed by atoms with Crippen molar-refractivity contribution in [3.8, 4) is 0 Å². The summed E-state index contributed by atoms with van der Waals surface area (Å²) < 4.78 is 5.50. The lowest BCUT2D eigenvalue weighted by molar-refractivity contribution is -0.131. The first-order valence-corrected chi connectivity index (χ1v) is 7.68. The van der Waals surface area contributed by atoms with Crippen molar-refractivity contribution in [2.75, 3.05) is 7.11 Å². The van der Waals surface area contributed by atoms with Crippen LogP contribution in [-0.4, -0.2) is 24.3 Å². The fourth-order valence-corrected chi connectivity index (χ4v) is 2.31. The van der Waals surface area contributed by atoms with Crippen molar-refractivity contribution in [2.24, 2.45) is 0 Å². The van der Waals surface area contributed by atoms with Crippen molar-refractivity contribution in [1.29, 1.82) is 0 Å². The number of carbonyl (C=O) groups is 1. The molecule has 0 aromatic heterocycles. The van der Waals surface area contributed by atoms with E-state index in [1.54, 1.807) is 13.2 Å². The number of hydrogen-bond donors (Lipinski definition) is 1. The molecule has 3 nitrogen and oxygen atoms in total. The van der Waals surface area contributed by atoms with Crippen LogP contribution in [0.25, 0.3) is 6.08 Å². The van der Waals surface area contributed by atoms with Crippen LogP contribution in [0.5, 0.6) is 0 Å². The zero-order valence-electron chi connectivity index (χ0n) is 13.0. The topological polar surface area (TPSA) is 46.5 Å². The number of hydrogen-bond acceptors (Lipinski definition) is 2. The molecule has 0 aliphatic heterocycles. The SMILES string of the molecule is CCCCC(CCCc1ccc(C=CC(=O)O)cc1)OC. The smallest absolute Gasteiger partial charge is 0.328 e. The predicted molar refractivity (Wildman–Crippen MR) is 86.4 cm³/mol. The summed E-state index contributed by atoms with van der Waals surface area (Å²) in [7, 11) is 1.80. The summed E-state index contributed by atoms with van der Waals surface area (Å²) in [5.74, 6) is -0.920. The Morgan fingerprint density at radius 3 is 2.48 bits per heavy atom. The quantitative estimate of drug-likeness (QED) is 0.653. The highest BCUT2D eigenvalue weighted by Crippen LogP contribution is 2.14. The van der Waals surface area contributed by atoms with E-state index in [0.717, 1.165) is 37.3 Å².